The number of aryl methyl sites for hydroxylation is 1. The normalized spacial score (nSPS) is 16.3. The van der Waals surface area contributed by atoms with Crippen LogP contribution in [0.1, 0.15) is 24.5 Å². The zero-order valence-electron chi connectivity index (χ0n) is 13.8. The average Bonchev–Trinajstić information content (AvgIpc) is 2.52. The fourth-order valence-corrected chi connectivity index (χ4v) is 4.12. The van der Waals surface area contributed by atoms with Crippen LogP contribution in [-0.4, -0.2) is 56.4 Å². The Balaban J connectivity index is 1.92. The van der Waals surface area contributed by atoms with Crippen LogP contribution in [0.5, 0.6) is 0 Å². The van der Waals surface area contributed by atoms with E-state index >= 15 is 0 Å². The van der Waals surface area contributed by atoms with Crippen molar-refractivity contribution in [2.45, 2.75) is 26.0 Å². The molecule has 0 radical (unpaired) electrons. The van der Waals surface area contributed by atoms with E-state index in [-0.39, 0.29) is 11.8 Å². The molecule has 1 aromatic carbocycles. The summed E-state index contributed by atoms with van der Waals surface area (Å²) < 4.78 is 26.5. The Kier molecular flexibility index (Phi) is 6.01. The quantitative estimate of drug-likeness (QED) is 0.885. The summed E-state index contributed by atoms with van der Waals surface area (Å²) in [7, 11) is -3.34. The maximum atomic E-state index is 12.5. The second-order valence-electron chi connectivity index (χ2n) is 5.86. The van der Waals surface area contributed by atoms with E-state index in [1.807, 2.05) is 38.1 Å². The molecule has 0 unspecified atom stereocenters. The summed E-state index contributed by atoms with van der Waals surface area (Å²) in [6.45, 7) is 6.16. The third kappa shape index (κ3) is 4.94. The van der Waals surface area contributed by atoms with Gasteiger partial charge in [-0.05, 0) is 18.9 Å². The molecular formula is C16H25N3O3S. The number of hydrogen-bond acceptors (Lipinski definition) is 3. The predicted octanol–water partition coefficient (Wildman–Crippen LogP) is 1.56. The van der Waals surface area contributed by atoms with E-state index in [0.29, 0.717) is 32.7 Å². The van der Waals surface area contributed by atoms with Crippen LogP contribution in [0.4, 0.5) is 4.79 Å². The van der Waals surface area contributed by atoms with E-state index in [1.54, 1.807) is 4.90 Å². The van der Waals surface area contributed by atoms with Crippen molar-refractivity contribution >= 4 is 16.1 Å². The van der Waals surface area contributed by atoms with Gasteiger partial charge in [0.1, 0.15) is 0 Å². The third-order valence-corrected chi connectivity index (χ3v) is 5.73. The van der Waals surface area contributed by atoms with Gasteiger partial charge in [0.05, 0.1) is 5.75 Å². The highest BCUT2D eigenvalue weighted by Gasteiger charge is 2.28. The summed E-state index contributed by atoms with van der Waals surface area (Å²) in [5.41, 5.74) is 1.85. The second kappa shape index (κ2) is 7.79. The monoisotopic (exact) mass is 339 g/mol. The molecule has 2 rings (SSSR count). The first-order valence-electron chi connectivity index (χ1n) is 7.98. The van der Waals surface area contributed by atoms with Crippen molar-refractivity contribution in [1.29, 1.82) is 0 Å². The molecule has 23 heavy (non-hydrogen) atoms. The number of nitrogens with zero attached hydrogens (tertiary/aromatic N) is 2. The first-order chi connectivity index (χ1) is 10.9. The Morgan fingerprint density at radius 2 is 1.91 bits per heavy atom. The zero-order chi connectivity index (χ0) is 16.9. The summed E-state index contributed by atoms with van der Waals surface area (Å²) in [5, 5.41) is 2.82. The van der Waals surface area contributed by atoms with Gasteiger partial charge in [0.25, 0.3) is 0 Å². The van der Waals surface area contributed by atoms with Crippen LogP contribution in [0, 0.1) is 6.92 Å². The molecule has 1 aromatic rings. The zero-order valence-corrected chi connectivity index (χ0v) is 14.6. The number of benzene rings is 1. The molecule has 2 amide bonds. The van der Waals surface area contributed by atoms with Crippen LogP contribution in [0.3, 0.4) is 0 Å². The van der Waals surface area contributed by atoms with E-state index in [1.165, 1.54) is 4.31 Å². The number of piperazine rings is 1. The third-order valence-electron chi connectivity index (χ3n) is 3.88. The van der Waals surface area contributed by atoms with Gasteiger partial charge in [0.2, 0.25) is 10.0 Å². The fourth-order valence-electron chi connectivity index (χ4n) is 2.62. The molecule has 0 bridgehead atoms. The first-order valence-corrected chi connectivity index (χ1v) is 9.59. The summed E-state index contributed by atoms with van der Waals surface area (Å²) in [5.74, 6) is 0.0106. The van der Waals surface area contributed by atoms with Gasteiger partial charge in [0.15, 0.2) is 0 Å². The lowest BCUT2D eigenvalue weighted by Crippen LogP contribution is -2.53. The number of nitrogens with one attached hydrogen (secondary N) is 1. The van der Waals surface area contributed by atoms with E-state index in [9.17, 15) is 13.2 Å². The van der Waals surface area contributed by atoms with Crippen molar-refractivity contribution in [3.05, 3.63) is 35.4 Å². The molecule has 128 valence electrons. The van der Waals surface area contributed by atoms with Gasteiger partial charge in [-0.1, -0.05) is 36.8 Å². The topological polar surface area (TPSA) is 69.7 Å². The summed E-state index contributed by atoms with van der Waals surface area (Å²) in [6.07, 6.45) is 0.885. The van der Waals surface area contributed by atoms with Gasteiger partial charge in [0, 0.05) is 32.7 Å². The molecule has 6 nitrogen and oxygen atoms in total. The molecule has 1 saturated heterocycles. The molecule has 0 spiro atoms. The van der Waals surface area contributed by atoms with Gasteiger partial charge in [-0.25, -0.2) is 13.2 Å². The van der Waals surface area contributed by atoms with Crippen molar-refractivity contribution < 1.29 is 13.2 Å². The first kappa shape index (κ1) is 17.7. The Bertz CT molecular complexity index is 638. The molecule has 1 N–H and O–H groups in total. The number of rotatable bonds is 5. The smallest absolute Gasteiger partial charge is 0.317 e. The van der Waals surface area contributed by atoms with Gasteiger partial charge >= 0.3 is 6.03 Å². The summed E-state index contributed by atoms with van der Waals surface area (Å²) in [6, 6.07) is 7.44. The predicted molar refractivity (Wildman–Crippen MR) is 90.6 cm³/mol. The number of hydrogen-bond donors (Lipinski definition) is 1. The maximum absolute atomic E-state index is 12.5. The van der Waals surface area contributed by atoms with E-state index in [2.05, 4.69) is 5.32 Å². The summed E-state index contributed by atoms with van der Waals surface area (Å²) in [4.78, 5) is 13.6. The Morgan fingerprint density at radius 1 is 1.22 bits per heavy atom. The standard InChI is InChI=1S/C16H25N3O3S/c1-3-7-17-16(20)18-8-10-19(11-9-18)23(21,22)13-15-6-4-5-14(2)12-15/h4-6,12H,3,7-11,13H2,1-2H3,(H,17,20). The summed E-state index contributed by atoms with van der Waals surface area (Å²) >= 11 is 0. The highest BCUT2D eigenvalue weighted by molar-refractivity contribution is 7.88. The lowest BCUT2D eigenvalue weighted by molar-refractivity contribution is 0.172. The lowest BCUT2D eigenvalue weighted by Gasteiger charge is -2.34. The number of sulfonamides is 1. The highest BCUT2D eigenvalue weighted by Crippen LogP contribution is 2.14. The number of urea groups is 1. The Morgan fingerprint density at radius 3 is 2.52 bits per heavy atom. The number of carbonyl (C=O) groups excluding carboxylic acids is 1. The molecule has 0 aromatic heterocycles. The minimum absolute atomic E-state index is 0.0106. The molecule has 7 heteroatoms. The highest BCUT2D eigenvalue weighted by atomic mass is 32.2. The second-order valence-corrected chi connectivity index (χ2v) is 7.83. The molecule has 0 saturated carbocycles. The molecule has 1 heterocycles. The maximum Gasteiger partial charge on any atom is 0.317 e. The van der Waals surface area contributed by atoms with Gasteiger partial charge < -0.3 is 10.2 Å². The molecule has 0 aliphatic carbocycles. The van der Waals surface area contributed by atoms with Crippen molar-refractivity contribution in [2.75, 3.05) is 32.7 Å². The van der Waals surface area contributed by atoms with Crippen molar-refractivity contribution in [2.24, 2.45) is 0 Å². The fraction of sp³-hybridized carbons (Fsp3) is 0.562. The Labute approximate surface area is 138 Å². The SMILES string of the molecule is CCCNC(=O)N1CCN(S(=O)(=O)Cc2cccc(C)c2)CC1. The van der Waals surface area contributed by atoms with E-state index in [4.69, 9.17) is 0 Å². The van der Waals surface area contributed by atoms with Crippen molar-refractivity contribution in [1.82, 2.24) is 14.5 Å². The molecule has 1 fully saturated rings. The average molecular weight is 339 g/mol. The van der Waals surface area contributed by atoms with Crippen LogP contribution in [-0.2, 0) is 15.8 Å². The lowest BCUT2D eigenvalue weighted by atomic mass is 10.2. The van der Waals surface area contributed by atoms with Crippen molar-refractivity contribution in [3.63, 3.8) is 0 Å². The van der Waals surface area contributed by atoms with Crippen LogP contribution in [0.15, 0.2) is 24.3 Å². The van der Waals surface area contributed by atoms with E-state index < -0.39 is 10.0 Å². The largest absolute Gasteiger partial charge is 0.338 e. The van der Waals surface area contributed by atoms with Crippen LogP contribution >= 0.6 is 0 Å². The van der Waals surface area contributed by atoms with Crippen molar-refractivity contribution in [3.8, 4) is 0 Å². The molecule has 1 aliphatic heterocycles. The van der Waals surface area contributed by atoms with Gasteiger partial charge in [-0.2, -0.15) is 4.31 Å². The van der Waals surface area contributed by atoms with Gasteiger partial charge in [-0.3, -0.25) is 0 Å². The Hall–Kier alpha value is -1.60. The number of carbonyl (C=O) groups is 1. The molecule has 1 aliphatic rings. The van der Waals surface area contributed by atoms with Gasteiger partial charge in [-0.15, -0.1) is 0 Å². The number of amides is 2. The molecular weight excluding hydrogens is 314 g/mol. The molecule has 0 atom stereocenters. The minimum atomic E-state index is -3.34. The van der Waals surface area contributed by atoms with E-state index in [0.717, 1.165) is 17.5 Å². The minimum Gasteiger partial charge on any atom is -0.338 e. The van der Waals surface area contributed by atoms with Crippen LogP contribution < -0.4 is 5.32 Å². The van der Waals surface area contributed by atoms with Crippen LogP contribution in [0.25, 0.3) is 0 Å². The van der Waals surface area contributed by atoms with Crippen LogP contribution in [0.2, 0.25) is 0 Å².